The Morgan fingerprint density at radius 1 is 1.37 bits per heavy atom. The normalized spacial score (nSPS) is 28.2. The fourth-order valence-corrected chi connectivity index (χ4v) is 3.65. The molecular weight excluding hydrogens is 240 g/mol. The highest BCUT2D eigenvalue weighted by atomic mass is 16.2. The smallest absolute Gasteiger partial charge is 0.272 e. The highest BCUT2D eigenvalue weighted by Gasteiger charge is 2.39. The molecule has 2 aliphatic rings. The van der Waals surface area contributed by atoms with Gasteiger partial charge in [-0.3, -0.25) is 9.69 Å². The summed E-state index contributed by atoms with van der Waals surface area (Å²) in [5.74, 6) is 0.114. The lowest BCUT2D eigenvalue weighted by atomic mass is 10.0. The van der Waals surface area contributed by atoms with Gasteiger partial charge in [0, 0.05) is 18.6 Å². The van der Waals surface area contributed by atoms with E-state index in [4.69, 9.17) is 0 Å². The quantitative estimate of drug-likeness (QED) is 0.898. The highest BCUT2D eigenvalue weighted by Crippen LogP contribution is 2.30. The molecule has 3 rings (SSSR count). The average molecular weight is 262 g/mol. The third-order valence-corrected chi connectivity index (χ3v) is 4.55. The molecule has 19 heavy (non-hydrogen) atoms. The monoisotopic (exact) mass is 262 g/mol. The summed E-state index contributed by atoms with van der Waals surface area (Å²) in [5.41, 5.74) is 0.618. The van der Waals surface area contributed by atoms with E-state index < -0.39 is 0 Å². The van der Waals surface area contributed by atoms with E-state index >= 15 is 0 Å². The summed E-state index contributed by atoms with van der Waals surface area (Å²) < 4.78 is 0. The van der Waals surface area contributed by atoms with E-state index in [0.717, 1.165) is 25.9 Å². The zero-order valence-corrected chi connectivity index (χ0v) is 11.5. The van der Waals surface area contributed by atoms with Crippen LogP contribution in [0.3, 0.4) is 0 Å². The van der Waals surface area contributed by atoms with Crippen LogP contribution in [-0.2, 0) is 0 Å². The zero-order valence-electron chi connectivity index (χ0n) is 11.5. The maximum Gasteiger partial charge on any atom is 0.272 e. The predicted molar refractivity (Wildman–Crippen MR) is 72.9 cm³/mol. The maximum absolute atomic E-state index is 12.5. The molecule has 1 aromatic heterocycles. The minimum absolute atomic E-state index is 0.114. The van der Waals surface area contributed by atoms with Crippen molar-refractivity contribution in [3.05, 3.63) is 18.2 Å². The molecule has 2 atom stereocenters. The van der Waals surface area contributed by atoms with Crippen molar-refractivity contribution in [1.29, 1.82) is 0 Å². The molecule has 2 unspecified atom stereocenters. The Balaban J connectivity index is 1.76. The van der Waals surface area contributed by atoms with Crippen molar-refractivity contribution in [2.75, 3.05) is 19.6 Å². The van der Waals surface area contributed by atoms with Crippen LogP contribution in [0.25, 0.3) is 0 Å². The van der Waals surface area contributed by atoms with Crippen molar-refractivity contribution in [3.8, 4) is 0 Å². The number of nitrogens with one attached hydrogen (secondary N) is 1. The molecule has 0 aromatic carbocycles. The van der Waals surface area contributed by atoms with Gasteiger partial charge in [0.05, 0.1) is 12.5 Å². The number of carbonyl (C=O) groups is 1. The van der Waals surface area contributed by atoms with Gasteiger partial charge in [0.2, 0.25) is 0 Å². The number of aromatic nitrogens is 2. The fourth-order valence-electron chi connectivity index (χ4n) is 3.65. The van der Waals surface area contributed by atoms with Gasteiger partial charge in [-0.1, -0.05) is 6.92 Å². The van der Waals surface area contributed by atoms with E-state index in [-0.39, 0.29) is 5.91 Å². The van der Waals surface area contributed by atoms with E-state index in [2.05, 4.69) is 26.7 Å². The van der Waals surface area contributed by atoms with Crippen molar-refractivity contribution < 1.29 is 4.79 Å². The van der Waals surface area contributed by atoms with Crippen LogP contribution in [0.5, 0.6) is 0 Å². The maximum atomic E-state index is 12.5. The Morgan fingerprint density at radius 2 is 2.16 bits per heavy atom. The summed E-state index contributed by atoms with van der Waals surface area (Å²) in [6.45, 7) is 5.38. The van der Waals surface area contributed by atoms with Crippen LogP contribution in [0.2, 0.25) is 0 Å². The van der Waals surface area contributed by atoms with Crippen LogP contribution in [-0.4, -0.2) is 57.4 Å². The molecular formula is C14H22N4O. The van der Waals surface area contributed by atoms with Gasteiger partial charge >= 0.3 is 0 Å². The minimum atomic E-state index is 0.114. The first-order chi connectivity index (χ1) is 9.31. The topological polar surface area (TPSA) is 52.2 Å². The summed E-state index contributed by atoms with van der Waals surface area (Å²) >= 11 is 0. The molecule has 5 nitrogen and oxygen atoms in total. The highest BCUT2D eigenvalue weighted by molar-refractivity contribution is 5.92. The van der Waals surface area contributed by atoms with Gasteiger partial charge in [-0.05, 0) is 38.8 Å². The lowest BCUT2D eigenvalue weighted by molar-refractivity contribution is 0.0644. The minimum Gasteiger partial charge on any atom is -0.341 e. The number of likely N-dealkylation sites (N-methyl/N-ethyl adjacent to an activating group) is 1. The molecule has 0 radical (unpaired) electrons. The number of aromatic amines is 1. The lowest BCUT2D eigenvalue weighted by Crippen LogP contribution is -2.48. The number of hydrogen-bond acceptors (Lipinski definition) is 3. The van der Waals surface area contributed by atoms with Gasteiger partial charge in [0.1, 0.15) is 5.69 Å². The second-order valence-electron chi connectivity index (χ2n) is 5.51. The Labute approximate surface area is 114 Å². The number of nitrogens with zero attached hydrogens (tertiary/aromatic N) is 3. The molecule has 0 bridgehead atoms. The lowest BCUT2D eigenvalue weighted by Gasteiger charge is -2.34. The third kappa shape index (κ3) is 2.27. The number of imidazole rings is 1. The molecule has 0 aliphatic carbocycles. The van der Waals surface area contributed by atoms with Crippen molar-refractivity contribution in [3.63, 3.8) is 0 Å². The molecule has 1 aromatic rings. The van der Waals surface area contributed by atoms with E-state index in [9.17, 15) is 4.79 Å². The number of carbonyl (C=O) groups excluding carboxylic acids is 1. The molecule has 3 heterocycles. The molecule has 1 amide bonds. The molecule has 0 saturated carbocycles. The Bertz CT molecular complexity index is 431. The van der Waals surface area contributed by atoms with Crippen molar-refractivity contribution >= 4 is 5.91 Å². The number of likely N-dealkylation sites (tertiary alicyclic amines) is 2. The van der Waals surface area contributed by atoms with Gasteiger partial charge < -0.3 is 9.88 Å². The first-order valence-electron chi connectivity index (χ1n) is 7.34. The van der Waals surface area contributed by atoms with Gasteiger partial charge in [0.25, 0.3) is 5.91 Å². The summed E-state index contributed by atoms with van der Waals surface area (Å²) in [6.07, 6.45) is 7.96. The molecule has 1 N–H and O–H groups in total. The molecule has 5 heteroatoms. The van der Waals surface area contributed by atoms with Crippen LogP contribution in [0.4, 0.5) is 0 Å². The first-order valence-corrected chi connectivity index (χ1v) is 7.34. The second-order valence-corrected chi connectivity index (χ2v) is 5.51. The molecule has 104 valence electrons. The number of hydrogen-bond donors (Lipinski definition) is 1. The number of amides is 1. The van der Waals surface area contributed by atoms with Crippen molar-refractivity contribution in [1.82, 2.24) is 19.8 Å². The van der Waals surface area contributed by atoms with E-state index in [1.807, 2.05) is 0 Å². The van der Waals surface area contributed by atoms with Crippen LogP contribution >= 0.6 is 0 Å². The van der Waals surface area contributed by atoms with Crippen molar-refractivity contribution in [2.45, 2.75) is 44.7 Å². The van der Waals surface area contributed by atoms with Crippen LogP contribution in [0, 0.1) is 0 Å². The van der Waals surface area contributed by atoms with Crippen LogP contribution in [0.1, 0.15) is 43.1 Å². The van der Waals surface area contributed by atoms with E-state index in [1.54, 1.807) is 12.5 Å². The molecule has 2 saturated heterocycles. The summed E-state index contributed by atoms with van der Waals surface area (Å²) in [6, 6.07) is 0.942. The molecule has 0 spiro atoms. The Morgan fingerprint density at radius 3 is 2.89 bits per heavy atom. The largest absolute Gasteiger partial charge is 0.341 e. The summed E-state index contributed by atoms with van der Waals surface area (Å²) in [5, 5.41) is 0. The van der Waals surface area contributed by atoms with Gasteiger partial charge in [-0.25, -0.2) is 4.98 Å². The van der Waals surface area contributed by atoms with Gasteiger partial charge in [0.15, 0.2) is 0 Å². The Hall–Kier alpha value is -1.36. The van der Waals surface area contributed by atoms with Gasteiger partial charge in [-0.15, -0.1) is 0 Å². The fraction of sp³-hybridized carbons (Fsp3) is 0.714. The van der Waals surface area contributed by atoms with Crippen molar-refractivity contribution in [2.24, 2.45) is 0 Å². The first kappa shape index (κ1) is 12.7. The van der Waals surface area contributed by atoms with Gasteiger partial charge in [-0.2, -0.15) is 0 Å². The second kappa shape index (κ2) is 5.33. The standard InChI is InChI=1S/C14H22N4O/c1-2-17-7-3-5-12(17)13-6-4-8-18(13)14(19)11-9-15-10-16-11/h9-10,12-13H,2-8H2,1H3,(H,15,16). The Kier molecular flexibility index (Phi) is 3.55. The van der Waals surface area contributed by atoms with E-state index in [0.29, 0.717) is 17.8 Å². The average Bonchev–Trinajstić information content (AvgIpc) is 3.16. The SMILES string of the molecule is CCN1CCCC1C1CCCN1C(=O)c1cnc[nH]1. The molecule has 2 fully saturated rings. The molecule has 2 aliphatic heterocycles. The van der Waals surface area contributed by atoms with Crippen LogP contribution < -0.4 is 0 Å². The third-order valence-electron chi connectivity index (χ3n) is 4.55. The zero-order chi connectivity index (χ0) is 13.2. The number of H-pyrrole nitrogens is 1. The summed E-state index contributed by atoms with van der Waals surface area (Å²) in [7, 11) is 0. The summed E-state index contributed by atoms with van der Waals surface area (Å²) in [4.78, 5) is 24.0. The number of rotatable bonds is 3. The van der Waals surface area contributed by atoms with E-state index in [1.165, 1.54) is 19.4 Å². The predicted octanol–water partition coefficient (Wildman–Crippen LogP) is 1.50. The van der Waals surface area contributed by atoms with Crippen LogP contribution in [0.15, 0.2) is 12.5 Å².